The molecule has 0 aliphatic rings. The first-order valence-electron chi connectivity index (χ1n) is 15.4. The summed E-state index contributed by atoms with van der Waals surface area (Å²) >= 11 is -0.280. The van der Waals surface area contributed by atoms with E-state index in [0.717, 1.165) is 25.7 Å². The molecule has 0 heterocycles. The topological polar surface area (TPSA) is 57.2 Å². The summed E-state index contributed by atoms with van der Waals surface area (Å²) in [5.41, 5.74) is 0.550. The number of alkyl halides is 17. The highest BCUT2D eigenvalue weighted by Crippen LogP contribution is 2.64. The normalized spacial score (nSPS) is 15.4. The molecule has 0 aliphatic carbocycles. The van der Waals surface area contributed by atoms with Gasteiger partial charge in [0.05, 0.1) is 13.1 Å². The first-order valence-corrected chi connectivity index (χ1v) is 16.4. The molecule has 0 saturated carbocycles. The van der Waals surface area contributed by atoms with E-state index in [1.165, 1.54) is 0 Å². The maximum Gasteiger partial charge on any atom is 0.460 e. The number of carbonyl (C=O) groups is 2. The first kappa shape index (κ1) is 47.5. The van der Waals surface area contributed by atoms with Crippen LogP contribution in [0.5, 0.6) is 0 Å². The number of rotatable bonds is 23. The molecule has 1 aromatic rings. The van der Waals surface area contributed by atoms with E-state index in [1.807, 2.05) is 6.92 Å². The molecule has 4 nitrogen and oxygen atoms in total. The van der Waals surface area contributed by atoms with E-state index >= 15 is 0 Å². The second-order valence-electron chi connectivity index (χ2n) is 12.1. The van der Waals surface area contributed by atoms with Gasteiger partial charge in [-0.05, 0) is 12.8 Å². The lowest BCUT2D eigenvalue weighted by atomic mass is 9.88. The molecule has 0 bridgehead atoms. The number of unbranched alkanes of at least 4 members (excludes halogenated alkanes) is 5. The molecule has 302 valence electrons. The molecule has 1 rings (SSSR count). The largest absolute Gasteiger partial charge is 0.550 e. The van der Waals surface area contributed by atoms with E-state index in [-0.39, 0.29) is 35.9 Å². The summed E-state index contributed by atoms with van der Waals surface area (Å²) in [5, 5.41) is 10.2. The van der Waals surface area contributed by atoms with Crippen LogP contribution in [0.4, 0.5) is 74.6 Å². The minimum Gasteiger partial charge on any atom is -0.550 e. The SMILES string of the molecule is CCCCCCCC[N+](CCC(=O)[O-])(CC(=O)SCCC(F)(F)C(F)(F)C(F)(F)C(F)(F)C(F)(F)C(F)(F)C(F)(F)C(F)(F)F)Cc1ccccc1. The second kappa shape index (κ2) is 17.3. The van der Waals surface area contributed by atoms with Gasteiger partial charge in [0, 0.05) is 30.1 Å². The molecule has 0 saturated heterocycles. The van der Waals surface area contributed by atoms with Crippen molar-refractivity contribution in [2.75, 3.05) is 25.4 Å². The Hall–Kier alpha value is -2.52. The van der Waals surface area contributed by atoms with E-state index in [0.29, 0.717) is 18.4 Å². The van der Waals surface area contributed by atoms with Crippen LogP contribution in [0.2, 0.25) is 0 Å². The third-order valence-electron chi connectivity index (χ3n) is 8.07. The predicted octanol–water partition coefficient (Wildman–Crippen LogP) is 9.16. The van der Waals surface area contributed by atoms with Crippen molar-refractivity contribution in [3.8, 4) is 0 Å². The quantitative estimate of drug-likeness (QED) is 0.0629. The van der Waals surface area contributed by atoms with Crippen LogP contribution in [0.3, 0.4) is 0 Å². The maximum atomic E-state index is 14.4. The maximum absolute atomic E-state index is 14.4. The van der Waals surface area contributed by atoms with Crippen LogP contribution < -0.4 is 5.11 Å². The molecule has 1 atom stereocenters. The van der Waals surface area contributed by atoms with Crippen LogP contribution in [-0.4, -0.2) is 88.6 Å². The van der Waals surface area contributed by atoms with Gasteiger partial charge in [-0.3, -0.25) is 4.79 Å². The molecule has 0 amide bonds. The zero-order valence-corrected chi connectivity index (χ0v) is 27.9. The summed E-state index contributed by atoms with van der Waals surface area (Å²) in [6, 6.07) is 7.98. The fourth-order valence-electron chi connectivity index (χ4n) is 4.98. The lowest BCUT2D eigenvalue weighted by Crippen LogP contribution is -2.74. The predicted molar refractivity (Wildman–Crippen MR) is 151 cm³/mol. The number of hydrogen-bond donors (Lipinski definition) is 0. The second-order valence-corrected chi connectivity index (χ2v) is 13.3. The minimum absolute atomic E-state index is 0.0445. The van der Waals surface area contributed by atoms with Crippen LogP contribution in [0.25, 0.3) is 0 Å². The van der Waals surface area contributed by atoms with Crippen LogP contribution in [0.15, 0.2) is 30.3 Å². The van der Waals surface area contributed by atoms with Gasteiger partial charge in [0.1, 0.15) is 13.1 Å². The Morgan fingerprint density at radius 1 is 0.635 bits per heavy atom. The molecule has 0 aliphatic heterocycles. The van der Waals surface area contributed by atoms with E-state index in [4.69, 9.17) is 0 Å². The summed E-state index contributed by atoms with van der Waals surface area (Å²) in [5.74, 6) is -60.2. The average molecular weight is 812 g/mol. The van der Waals surface area contributed by atoms with Gasteiger partial charge in [-0.2, -0.15) is 74.6 Å². The monoisotopic (exact) mass is 811 g/mol. The van der Waals surface area contributed by atoms with E-state index in [1.54, 1.807) is 30.3 Å². The number of aliphatic carboxylic acids is 1. The van der Waals surface area contributed by atoms with Gasteiger partial charge in [-0.1, -0.05) is 74.7 Å². The number of carboxylic acid groups (broad SMARTS) is 1. The average Bonchev–Trinajstić information content (AvgIpc) is 3.01. The van der Waals surface area contributed by atoms with Crippen molar-refractivity contribution >= 4 is 22.8 Å². The molecule has 1 unspecified atom stereocenters. The van der Waals surface area contributed by atoms with Gasteiger partial charge in [0.25, 0.3) is 0 Å². The standard InChI is InChI=1S/C30H34F17NO3S/c1-2-3-4-5-6-10-15-48(16-13-21(49)50,18-20-11-8-7-9-12-20)19-22(51)52-17-14-23(31,32)24(33,34)25(35,36)26(37,38)27(39,40)28(41,42)29(43,44)30(45,46)47/h7-9,11-12H,2-6,10,13-19H2,1H3. The third-order valence-corrected chi connectivity index (χ3v) is 8.93. The Labute approximate surface area is 290 Å². The van der Waals surface area contributed by atoms with Crippen LogP contribution >= 0.6 is 11.8 Å². The van der Waals surface area contributed by atoms with Crippen molar-refractivity contribution < 1.29 is 93.8 Å². The zero-order chi connectivity index (χ0) is 40.7. The third kappa shape index (κ3) is 10.2. The van der Waals surface area contributed by atoms with Gasteiger partial charge in [0.2, 0.25) is 5.12 Å². The first-order chi connectivity index (χ1) is 23.4. The van der Waals surface area contributed by atoms with Gasteiger partial charge < -0.3 is 14.4 Å². The molecule has 0 spiro atoms. The number of nitrogens with zero attached hydrogens (tertiary/aromatic N) is 1. The smallest absolute Gasteiger partial charge is 0.460 e. The summed E-state index contributed by atoms with van der Waals surface area (Å²) in [6.07, 6.45) is -6.83. The molecule has 0 fully saturated rings. The fraction of sp³-hybridized carbons (Fsp3) is 0.733. The number of thioether (sulfide) groups is 1. The summed E-state index contributed by atoms with van der Waals surface area (Å²) in [4.78, 5) is 24.2. The lowest BCUT2D eigenvalue weighted by Gasteiger charge is -2.42. The number of hydrogen-bond acceptors (Lipinski definition) is 4. The fourth-order valence-corrected chi connectivity index (χ4v) is 5.93. The molecule has 0 N–H and O–H groups in total. The molecule has 0 radical (unpaired) electrons. The molecular formula is C30H34F17NO3S. The van der Waals surface area contributed by atoms with Crippen molar-refractivity contribution in [2.24, 2.45) is 0 Å². The van der Waals surface area contributed by atoms with Gasteiger partial charge in [-0.25, -0.2) is 0 Å². The molecule has 1 aromatic carbocycles. The highest BCUT2D eigenvalue weighted by Gasteiger charge is 2.95. The Morgan fingerprint density at radius 2 is 1.10 bits per heavy atom. The van der Waals surface area contributed by atoms with Crippen LogP contribution in [-0.2, 0) is 16.1 Å². The van der Waals surface area contributed by atoms with Gasteiger partial charge >= 0.3 is 47.6 Å². The number of benzene rings is 1. The van der Waals surface area contributed by atoms with E-state index in [9.17, 15) is 89.3 Å². The number of carbonyl (C=O) groups excluding carboxylic acids is 2. The van der Waals surface area contributed by atoms with Crippen molar-refractivity contribution in [3.63, 3.8) is 0 Å². The number of carboxylic acids is 1. The number of halogens is 17. The zero-order valence-electron chi connectivity index (χ0n) is 27.1. The molecule has 0 aromatic heterocycles. The van der Waals surface area contributed by atoms with Crippen LogP contribution in [0.1, 0.15) is 63.9 Å². The van der Waals surface area contributed by atoms with Crippen molar-refractivity contribution in [1.82, 2.24) is 0 Å². The molecular weight excluding hydrogens is 777 g/mol. The Morgan fingerprint density at radius 3 is 1.58 bits per heavy atom. The summed E-state index contributed by atoms with van der Waals surface area (Å²) in [7, 11) is 0. The summed E-state index contributed by atoms with van der Waals surface area (Å²) in [6.45, 7) is 1.02. The Balaban J connectivity index is 3.30. The lowest BCUT2D eigenvalue weighted by molar-refractivity contribution is -0.933. The van der Waals surface area contributed by atoms with Gasteiger partial charge in [-0.15, -0.1) is 0 Å². The van der Waals surface area contributed by atoms with E-state index < -0.39 is 83.9 Å². The minimum atomic E-state index is -8.71. The Bertz CT molecular complexity index is 1310. The van der Waals surface area contributed by atoms with Gasteiger partial charge in [0.15, 0.2) is 0 Å². The van der Waals surface area contributed by atoms with Crippen molar-refractivity contribution in [3.05, 3.63) is 35.9 Å². The molecule has 52 heavy (non-hydrogen) atoms. The van der Waals surface area contributed by atoms with Crippen molar-refractivity contribution in [1.29, 1.82) is 0 Å². The highest BCUT2D eigenvalue weighted by atomic mass is 32.2. The summed E-state index contributed by atoms with van der Waals surface area (Å²) < 4.78 is 230. The van der Waals surface area contributed by atoms with Crippen LogP contribution in [0, 0.1) is 0 Å². The van der Waals surface area contributed by atoms with Crippen molar-refractivity contribution in [2.45, 2.75) is 112 Å². The number of quaternary nitrogens is 1. The van der Waals surface area contributed by atoms with E-state index in [2.05, 4.69) is 0 Å². The Kier molecular flexibility index (Phi) is 15.8. The highest BCUT2D eigenvalue weighted by molar-refractivity contribution is 8.13. The molecule has 22 heteroatoms.